The molecule has 5 heteroatoms. The van der Waals surface area contributed by atoms with Gasteiger partial charge in [0.05, 0.1) is 6.61 Å². The van der Waals surface area contributed by atoms with Crippen molar-refractivity contribution >= 4 is 5.84 Å². The Labute approximate surface area is 98.9 Å². The highest BCUT2D eigenvalue weighted by atomic mass is 19.1. The van der Waals surface area contributed by atoms with E-state index >= 15 is 0 Å². The number of halogens is 1. The van der Waals surface area contributed by atoms with Crippen LogP contribution in [-0.4, -0.2) is 17.6 Å². The second-order valence-corrected chi connectivity index (χ2v) is 4.49. The zero-order chi connectivity index (χ0) is 12.3. The number of oxime groups is 1. The van der Waals surface area contributed by atoms with Crippen molar-refractivity contribution in [2.45, 2.75) is 19.3 Å². The van der Waals surface area contributed by atoms with Gasteiger partial charge in [-0.2, -0.15) is 0 Å². The maximum Gasteiger partial charge on any atom is 0.165 e. The van der Waals surface area contributed by atoms with Gasteiger partial charge in [-0.15, -0.1) is 0 Å². The number of para-hydroxylation sites is 1. The molecule has 4 nitrogen and oxygen atoms in total. The van der Waals surface area contributed by atoms with Crippen LogP contribution in [0.4, 0.5) is 4.39 Å². The summed E-state index contributed by atoms with van der Waals surface area (Å²) in [7, 11) is 0. The Morgan fingerprint density at radius 3 is 2.76 bits per heavy atom. The summed E-state index contributed by atoms with van der Waals surface area (Å²) in [5, 5.41) is 11.5. The Balaban J connectivity index is 1.92. The Morgan fingerprint density at radius 2 is 2.18 bits per heavy atom. The van der Waals surface area contributed by atoms with Crippen LogP contribution < -0.4 is 10.5 Å². The van der Waals surface area contributed by atoms with Crippen molar-refractivity contribution in [3.63, 3.8) is 0 Å². The molecule has 1 aliphatic rings. The van der Waals surface area contributed by atoms with Crippen LogP contribution >= 0.6 is 0 Å². The van der Waals surface area contributed by atoms with Gasteiger partial charge in [-0.1, -0.05) is 17.3 Å². The molecule has 17 heavy (non-hydrogen) atoms. The van der Waals surface area contributed by atoms with E-state index in [0.29, 0.717) is 13.0 Å². The van der Waals surface area contributed by atoms with Crippen LogP contribution in [0.3, 0.4) is 0 Å². The van der Waals surface area contributed by atoms with Gasteiger partial charge in [0.15, 0.2) is 11.6 Å². The fourth-order valence-corrected chi connectivity index (χ4v) is 1.76. The van der Waals surface area contributed by atoms with Crippen LogP contribution in [0, 0.1) is 11.2 Å². The number of benzene rings is 1. The van der Waals surface area contributed by atoms with Gasteiger partial charge < -0.3 is 15.7 Å². The Kier molecular flexibility index (Phi) is 3.17. The predicted molar refractivity (Wildman–Crippen MR) is 61.6 cm³/mol. The smallest absolute Gasteiger partial charge is 0.165 e. The fraction of sp³-hybridized carbons (Fsp3) is 0.417. The van der Waals surface area contributed by atoms with Crippen LogP contribution in [0.1, 0.15) is 19.3 Å². The number of nitrogens with two attached hydrogens (primary N) is 1. The van der Waals surface area contributed by atoms with E-state index in [9.17, 15) is 4.39 Å². The van der Waals surface area contributed by atoms with Crippen molar-refractivity contribution in [3.8, 4) is 5.75 Å². The molecule has 0 amide bonds. The Hall–Kier alpha value is -1.78. The zero-order valence-corrected chi connectivity index (χ0v) is 9.40. The summed E-state index contributed by atoms with van der Waals surface area (Å²) in [4.78, 5) is 0. The molecule has 0 heterocycles. The molecule has 0 radical (unpaired) electrons. The number of hydrogen-bond donors (Lipinski definition) is 2. The van der Waals surface area contributed by atoms with Gasteiger partial charge in [0.2, 0.25) is 0 Å². The quantitative estimate of drug-likeness (QED) is 0.357. The van der Waals surface area contributed by atoms with Gasteiger partial charge >= 0.3 is 0 Å². The highest BCUT2D eigenvalue weighted by molar-refractivity contribution is 5.80. The summed E-state index contributed by atoms with van der Waals surface area (Å²) < 4.78 is 18.7. The molecule has 1 saturated carbocycles. The second kappa shape index (κ2) is 4.61. The zero-order valence-electron chi connectivity index (χ0n) is 9.40. The van der Waals surface area contributed by atoms with Gasteiger partial charge in [-0.05, 0) is 25.0 Å². The van der Waals surface area contributed by atoms with Crippen LogP contribution in [0.2, 0.25) is 0 Å². The summed E-state index contributed by atoms with van der Waals surface area (Å²) >= 11 is 0. The molecule has 0 spiro atoms. The first kappa shape index (κ1) is 11.7. The molecule has 92 valence electrons. The average Bonchev–Trinajstić information content (AvgIpc) is 3.08. The van der Waals surface area contributed by atoms with E-state index < -0.39 is 0 Å². The maximum absolute atomic E-state index is 13.3. The number of rotatable bonds is 5. The van der Waals surface area contributed by atoms with Gasteiger partial charge in [-0.25, -0.2) is 4.39 Å². The summed E-state index contributed by atoms with van der Waals surface area (Å²) in [6, 6.07) is 6.29. The molecule has 0 bridgehead atoms. The Morgan fingerprint density at radius 1 is 1.47 bits per heavy atom. The molecular weight excluding hydrogens is 223 g/mol. The lowest BCUT2D eigenvalue weighted by molar-refractivity contribution is 0.227. The summed E-state index contributed by atoms with van der Waals surface area (Å²) in [5.74, 6) is 0.0741. The van der Waals surface area contributed by atoms with E-state index in [1.54, 1.807) is 18.2 Å². The minimum absolute atomic E-state index is 0.0847. The van der Waals surface area contributed by atoms with Gasteiger partial charge in [-0.3, -0.25) is 0 Å². The molecule has 0 aliphatic heterocycles. The van der Waals surface area contributed by atoms with Crippen LogP contribution in [-0.2, 0) is 0 Å². The molecular formula is C12H15FN2O2. The van der Waals surface area contributed by atoms with E-state index in [1.165, 1.54) is 6.07 Å². The third-order valence-electron chi connectivity index (χ3n) is 3.01. The summed E-state index contributed by atoms with van der Waals surface area (Å²) in [6.07, 6.45) is 2.40. The maximum atomic E-state index is 13.3. The van der Waals surface area contributed by atoms with Crippen molar-refractivity contribution in [3.05, 3.63) is 30.1 Å². The largest absolute Gasteiger partial charge is 0.490 e. The topological polar surface area (TPSA) is 67.8 Å². The first-order chi connectivity index (χ1) is 8.15. The van der Waals surface area contributed by atoms with Crippen molar-refractivity contribution in [2.75, 3.05) is 6.61 Å². The van der Waals surface area contributed by atoms with Crippen molar-refractivity contribution < 1.29 is 14.3 Å². The lowest BCUT2D eigenvalue weighted by Crippen LogP contribution is -2.22. The third-order valence-corrected chi connectivity index (χ3v) is 3.01. The molecule has 0 atom stereocenters. The molecule has 0 aromatic heterocycles. The molecule has 2 rings (SSSR count). The highest BCUT2D eigenvalue weighted by Crippen LogP contribution is 2.49. The molecule has 0 unspecified atom stereocenters. The highest BCUT2D eigenvalue weighted by Gasteiger charge is 2.44. The normalized spacial score (nSPS) is 17.8. The van der Waals surface area contributed by atoms with Gasteiger partial charge in [0.25, 0.3) is 0 Å². The van der Waals surface area contributed by atoms with Crippen molar-refractivity contribution in [1.82, 2.24) is 0 Å². The number of hydrogen-bond acceptors (Lipinski definition) is 3. The lowest BCUT2D eigenvalue weighted by atomic mass is 10.0. The summed E-state index contributed by atoms with van der Waals surface area (Å²) in [5.41, 5.74) is 5.38. The van der Waals surface area contributed by atoms with Gasteiger partial charge in [0.1, 0.15) is 5.84 Å². The molecule has 1 aliphatic carbocycles. The van der Waals surface area contributed by atoms with Crippen LogP contribution in [0.25, 0.3) is 0 Å². The number of nitrogens with zero attached hydrogens (tertiary/aromatic N) is 1. The monoisotopic (exact) mass is 238 g/mol. The fourth-order valence-electron chi connectivity index (χ4n) is 1.76. The van der Waals surface area contributed by atoms with E-state index in [4.69, 9.17) is 15.7 Å². The lowest BCUT2D eigenvalue weighted by Gasteiger charge is -2.15. The molecule has 1 aromatic rings. The third kappa shape index (κ3) is 2.87. The van der Waals surface area contributed by atoms with Gasteiger partial charge in [0, 0.05) is 11.8 Å². The van der Waals surface area contributed by atoms with E-state index in [-0.39, 0.29) is 22.8 Å². The van der Waals surface area contributed by atoms with Crippen LogP contribution in [0.5, 0.6) is 5.75 Å². The first-order valence-corrected chi connectivity index (χ1v) is 5.49. The summed E-state index contributed by atoms with van der Waals surface area (Å²) in [6.45, 7) is 0.393. The van der Waals surface area contributed by atoms with Crippen LogP contribution in [0.15, 0.2) is 29.4 Å². The average molecular weight is 238 g/mol. The Bertz CT molecular complexity index is 430. The van der Waals surface area contributed by atoms with Crippen molar-refractivity contribution in [2.24, 2.45) is 16.3 Å². The molecule has 1 fully saturated rings. The molecule has 0 saturated heterocycles. The SMILES string of the molecule is NC(CC1(COc2ccccc2F)CC1)=NO. The van der Waals surface area contributed by atoms with E-state index in [1.807, 2.05) is 0 Å². The number of amidine groups is 1. The molecule has 1 aromatic carbocycles. The minimum atomic E-state index is -0.368. The van der Waals surface area contributed by atoms with E-state index in [2.05, 4.69) is 5.16 Å². The standard InChI is InChI=1S/C12H15FN2O2/c13-9-3-1-2-4-10(9)17-8-12(5-6-12)7-11(14)15-16/h1-4,16H,5-8H2,(H2,14,15). The first-order valence-electron chi connectivity index (χ1n) is 5.49. The minimum Gasteiger partial charge on any atom is -0.490 e. The van der Waals surface area contributed by atoms with E-state index in [0.717, 1.165) is 12.8 Å². The molecule has 3 N–H and O–H groups in total. The predicted octanol–water partition coefficient (Wildman–Crippen LogP) is 2.12. The second-order valence-electron chi connectivity index (χ2n) is 4.49. The van der Waals surface area contributed by atoms with Crippen molar-refractivity contribution in [1.29, 1.82) is 0 Å². The number of ether oxygens (including phenoxy) is 1.